The zero-order valence-electron chi connectivity index (χ0n) is 18.4. The number of ketones is 1. The van der Waals surface area contributed by atoms with Crippen molar-refractivity contribution in [2.24, 2.45) is 0 Å². The number of aromatic nitrogens is 1. The second-order valence-electron chi connectivity index (χ2n) is 8.17. The van der Waals surface area contributed by atoms with E-state index in [1.807, 2.05) is 6.92 Å². The van der Waals surface area contributed by atoms with Crippen LogP contribution < -0.4 is 5.32 Å². The first kappa shape index (κ1) is 23.8. The molecule has 0 saturated carbocycles. The lowest BCUT2D eigenvalue weighted by Crippen LogP contribution is -2.52. The Kier molecular flexibility index (Phi) is 6.62. The number of furan rings is 1. The van der Waals surface area contributed by atoms with E-state index in [2.05, 4.69) is 10.3 Å². The average molecular weight is 489 g/mol. The summed E-state index contributed by atoms with van der Waals surface area (Å²) in [5.41, 5.74) is -0.104. The SMILES string of the molecule is CCCC(NC(=O)c1ccco1)C(=O)N1CCC2C1C(=O)CN2S(=O)(=O)C(=O)c1cccnc1. The minimum atomic E-state index is -4.49. The highest BCUT2D eigenvalue weighted by atomic mass is 32.2. The van der Waals surface area contributed by atoms with Gasteiger partial charge in [-0.15, -0.1) is 0 Å². The summed E-state index contributed by atoms with van der Waals surface area (Å²) in [6, 6.07) is 3.05. The fraction of sp³-hybridized carbons (Fsp3) is 0.409. The summed E-state index contributed by atoms with van der Waals surface area (Å²) < 4.78 is 32.0. The molecule has 4 rings (SSSR count). The van der Waals surface area contributed by atoms with Crippen molar-refractivity contribution in [3.63, 3.8) is 0 Å². The van der Waals surface area contributed by atoms with Gasteiger partial charge < -0.3 is 14.6 Å². The maximum absolute atomic E-state index is 13.3. The molecule has 2 aliphatic heterocycles. The molecular weight excluding hydrogens is 464 g/mol. The molecule has 1 N–H and O–H groups in total. The summed E-state index contributed by atoms with van der Waals surface area (Å²) >= 11 is 0. The molecule has 2 fully saturated rings. The molecule has 2 amide bonds. The first-order valence-electron chi connectivity index (χ1n) is 10.9. The number of hydrogen-bond acceptors (Lipinski definition) is 8. The number of rotatable bonds is 7. The van der Waals surface area contributed by atoms with E-state index in [0.717, 1.165) is 10.5 Å². The lowest BCUT2D eigenvalue weighted by atomic mass is 10.1. The molecule has 3 unspecified atom stereocenters. The summed E-state index contributed by atoms with van der Waals surface area (Å²) in [6.45, 7) is 1.49. The fourth-order valence-electron chi connectivity index (χ4n) is 4.46. The topological polar surface area (TPSA) is 147 Å². The molecule has 3 atom stereocenters. The summed E-state index contributed by atoms with van der Waals surface area (Å²) in [7, 11) is -4.49. The predicted octanol–water partition coefficient (Wildman–Crippen LogP) is 0.598. The van der Waals surface area contributed by atoms with Crippen molar-refractivity contribution in [2.45, 2.75) is 44.3 Å². The molecule has 34 heavy (non-hydrogen) atoms. The minimum absolute atomic E-state index is 0.0522. The van der Waals surface area contributed by atoms with Crippen LogP contribution in [0, 0.1) is 0 Å². The molecule has 2 aliphatic rings. The van der Waals surface area contributed by atoms with E-state index in [9.17, 15) is 27.6 Å². The van der Waals surface area contributed by atoms with E-state index < -0.39 is 57.4 Å². The zero-order valence-corrected chi connectivity index (χ0v) is 19.2. The van der Waals surface area contributed by atoms with Crippen molar-refractivity contribution in [3.8, 4) is 0 Å². The number of nitrogens with one attached hydrogen (secondary N) is 1. The van der Waals surface area contributed by atoms with Crippen LogP contribution in [0.1, 0.15) is 47.1 Å². The van der Waals surface area contributed by atoms with Crippen LogP contribution in [0.25, 0.3) is 0 Å². The molecule has 2 saturated heterocycles. The highest BCUT2D eigenvalue weighted by molar-refractivity contribution is 8.04. The first-order chi connectivity index (χ1) is 16.3. The summed E-state index contributed by atoms with van der Waals surface area (Å²) in [5.74, 6) is -1.45. The molecule has 0 bridgehead atoms. The van der Waals surface area contributed by atoms with Crippen molar-refractivity contribution in [1.29, 1.82) is 0 Å². The van der Waals surface area contributed by atoms with Crippen LogP contribution in [0.5, 0.6) is 0 Å². The number of carbonyl (C=O) groups is 4. The number of hydrogen-bond donors (Lipinski definition) is 1. The van der Waals surface area contributed by atoms with Gasteiger partial charge in [0.1, 0.15) is 12.1 Å². The second-order valence-corrected chi connectivity index (χ2v) is 9.96. The van der Waals surface area contributed by atoms with E-state index in [1.54, 1.807) is 6.07 Å². The maximum Gasteiger partial charge on any atom is 0.293 e. The Morgan fingerprint density at radius 2 is 2.06 bits per heavy atom. The lowest BCUT2D eigenvalue weighted by molar-refractivity contribution is -0.138. The van der Waals surface area contributed by atoms with Gasteiger partial charge in [-0.2, -0.15) is 4.31 Å². The molecular formula is C22H24N4O7S. The van der Waals surface area contributed by atoms with Crippen LogP contribution in [0.2, 0.25) is 0 Å². The van der Waals surface area contributed by atoms with Gasteiger partial charge >= 0.3 is 0 Å². The molecule has 2 aromatic heterocycles. The molecule has 11 nitrogen and oxygen atoms in total. The lowest BCUT2D eigenvalue weighted by Gasteiger charge is -2.28. The standard InChI is InChI=1S/C22H24N4O7S/c1-2-5-15(24-20(28)18-7-4-11-33-18)21(29)25-10-8-16-19(25)17(27)13-26(16)34(31,32)22(30)14-6-3-9-23-12-14/h3-4,6-7,9,11-12,15-16,19H,2,5,8,10,13H2,1H3,(H,24,28). The van der Waals surface area contributed by atoms with Crippen LogP contribution in [-0.2, 0) is 19.6 Å². The number of sulfonamides is 1. The van der Waals surface area contributed by atoms with Gasteiger partial charge in [-0.25, -0.2) is 8.42 Å². The van der Waals surface area contributed by atoms with Gasteiger partial charge in [0.15, 0.2) is 11.5 Å². The molecule has 0 radical (unpaired) electrons. The number of nitrogens with zero attached hydrogens (tertiary/aromatic N) is 3. The molecule has 0 aromatic carbocycles. The normalized spacial score (nSPS) is 21.3. The van der Waals surface area contributed by atoms with Gasteiger partial charge in [-0.3, -0.25) is 24.2 Å². The first-order valence-corrected chi connectivity index (χ1v) is 12.3. The number of Topliss-reactive ketones (excluding diaryl/α,β-unsaturated/α-hetero) is 1. The molecule has 2 aromatic rings. The Balaban J connectivity index is 1.53. The fourth-order valence-corrected chi connectivity index (χ4v) is 5.97. The van der Waals surface area contributed by atoms with Crippen LogP contribution >= 0.6 is 0 Å². The van der Waals surface area contributed by atoms with Gasteiger partial charge in [0, 0.05) is 18.9 Å². The van der Waals surface area contributed by atoms with Gasteiger partial charge in [-0.05, 0) is 37.1 Å². The van der Waals surface area contributed by atoms with Crippen molar-refractivity contribution in [1.82, 2.24) is 19.5 Å². The van der Waals surface area contributed by atoms with Crippen molar-refractivity contribution >= 4 is 32.7 Å². The van der Waals surface area contributed by atoms with Crippen molar-refractivity contribution < 1.29 is 32.0 Å². The zero-order chi connectivity index (χ0) is 24.5. The summed E-state index contributed by atoms with van der Waals surface area (Å²) in [6.07, 6.45) is 5.02. The summed E-state index contributed by atoms with van der Waals surface area (Å²) in [4.78, 5) is 56.4. The van der Waals surface area contributed by atoms with E-state index in [1.165, 1.54) is 35.6 Å². The number of amides is 2. The van der Waals surface area contributed by atoms with Gasteiger partial charge in [-0.1, -0.05) is 13.3 Å². The molecule has 180 valence electrons. The van der Waals surface area contributed by atoms with Crippen LogP contribution in [0.3, 0.4) is 0 Å². The predicted molar refractivity (Wildman–Crippen MR) is 118 cm³/mol. The molecule has 4 heterocycles. The highest BCUT2D eigenvalue weighted by Gasteiger charge is 2.55. The van der Waals surface area contributed by atoms with E-state index >= 15 is 0 Å². The van der Waals surface area contributed by atoms with Gasteiger partial charge in [0.05, 0.1) is 24.4 Å². The largest absolute Gasteiger partial charge is 0.459 e. The minimum Gasteiger partial charge on any atom is -0.459 e. The highest BCUT2D eigenvalue weighted by Crippen LogP contribution is 2.33. The Hall–Kier alpha value is -3.38. The Bertz CT molecular complexity index is 1200. The third-order valence-corrected chi connectivity index (χ3v) is 7.75. The number of pyridine rings is 1. The second kappa shape index (κ2) is 9.47. The Labute approximate surface area is 196 Å². The number of likely N-dealkylation sites (tertiary alicyclic amines) is 1. The van der Waals surface area contributed by atoms with Crippen molar-refractivity contribution in [2.75, 3.05) is 13.1 Å². The maximum atomic E-state index is 13.3. The summed E-state index contributed by atoms with van der Waals surface area (Å²) in [5, 5.41) is 1.50. The quantitative estimate of drug-likeness (QED) is 0.596. The molecule has 0 spiro atoms. The van der Waals surface area contributed by atoms with Gasteiger partial charge in [0.25, 0.3) is 21.0 Å². The van der Waals surface area contributed by atoms with Gasteiger partial charge in [0.2, 0.25) is 5.91 Å². The van der Waals surface area contributed by atoms with Crippen LogP contribution in [0.15, 0.2) is 47.3 Å². The monoisotopic (exact) mass is 488 g/mol. The van der Waals surface area contributed by atoms with Crippen LogP contribution in [-0.4, -0.2) is 76.5 Å². The molecule has 0 aliphatic carbocycles. The third kappa shape index (κ3) is 4.26. The Morgan fingerprint density at radius 3 is 2.71 bits per heavy atom. The van der Waals surface area contributed by atoms with E-state index in [-0.39, 0.29) is 24.3 Å². The van der Waals surface area contributed by atoms with Crippen molar-refractivity contribution in [3.05, 3.63) is 54.2 Å². The third-order valence-electron chi connectivity index (χ3n) is 6.03. The molecule has 12 heteroatoms. The number of fused-ring (bicyclic) bond motifs is 1. The van der Waals surface area contributed by atoms with E-state index in [0.29, 0.717) is 12.8 Å². The smallest absolute Gasteiger partial charge is 0.293 e. The van der Waals surface area contributed by atoms with Crippen LogP contribution in [0.4, 0.5) is 0 Å². The average Bonchev–Trinajstić information content (AvgIpc) is 3.57. The number of carbonyl (C=O) groups excluding carboxylic acids is 4. The van der Waals surface area contributed by atoms with E-state index in [4.69, 9.17) is 4.42 Å². The Morgan fingerprint density at radius 1 is 1.26 bits per heavy atom.